The van der Waals surface area contributed by atoms with Crippen molar-refractivity contribution < 1.29 is 14.5 Å². The van der Waals surface area contributed by atoms with Crippen LogP contribution in [0.2, 0.25) is 5.02 Å². The van der Waals surface area contributed by atoms with Gasteiger partial charge in [0.2, 0.25) is 0 Å². The van der Waals surface area contributed by atoms with Crippen LogP contribution in [0.1, 0.15) is 5.56 Å². The molecular weight excluding hydrogens is 248 g/mol. The van der Waals surface area contributed by atoms with Crippen molar-refractivity contribution in [1.82, 2.24) is 0 Å². The average Bonchev–Trinajstić information content (AvgIpc) is 2.28. The summed E-state index contributed by atoms with van der Waals surface area (Å²) in [6.45, 7) is 1.66. The van der Waals surface area contributed by atoms with E-state index >= 15 is 0 Å². The van der Waals surface area contributed by atoms with Crippen LogP contribution in [0.25, 0.3) is 0 Å². The summed E-state index contributed by atoms with van der Waals surface area (Å²) in [7, 11) is 1.28. The summed E-state index contributed by atoms with van der Waals surface area (Å²) in [6.07, 6.45) is 0. The molecule has 0 aromatic heterocycles. The lowest BCUT2D eigenvalue weighted by Gasteiger charge is -2.09. The Morgan fingerprint density at radius 2 is 2.24 bits per heavy atom. The van der Waals surface area contributed by atoms with Gasteiger partial charge in [-0.2, -0.15) is 0 Å². The maximum absolute atomic E-state index is 10.9. The Hall–Kier alpha value is -1.82. The van der Waals surface area contributed by atoms with Gasteiger partial charge in [0, 0.05) is 11.8 Å². The Morgan fingerprint density at radius 1 is 1.59 bits per heavy atom. The normalized spacial score (nSPS) is 9.82. The highest BCUT2D eigenvalue weighted by atomic mass is 35.5. The minimum atomic E-state index is -0.556. The molecule has 0 bridgehead atoms. The summed E-state index contributed by atoms with van der Waals surface area (Å²) >= 11 is 5.75. The van der Waals surface area contributed by atoms with E-state index in [-0.39, 0.29) is 17.3 Å². The molecule has 0 aliphatic carbocycles. The number of methoxy groups -OCH3 is 1. The van der Waals surface area contributed by atoms with Crippen LogP contribution in [0.4, 0.5) is 11.4 Å². The summed E-state index contributed by atoms with van der Waals surface area (Å²) < 4.78 is 4.46. The first kappa shape index (κ1) is 13.2. The van der Waals surface area contributed by atoms with E-state index in [1.165, 1.54) is 19.2 Å². The summed E-state index contributed by atoms with van der Waals surface area (Å²) in [6, 6.07) is 2.76. The number of hydrogen-bond donors (Lipinski definition) is 1. The lowest BCUT2D eigenvalue weighted by molar-refractivity contribution is -0.384. The molecular formula is C10H11ClN2O4. The van der Waals surface area contributed by atoms with Crippen LogP contribution >= 0.6 is 11.6 Å². The van der Waals surface area contributed by atoms with E-state index in [1.54, 1.807) is 6.92 Å². The first-order chi connectivity index (χ1) is 7.95. The number of benzene rings is 1. The molecule has 0 fully saturated rings. The van der Waals surface area contributed by atoms with Crippen molar-refractivity contribution in [3.8, 4) is 0 Å². The zero-order valence-electron chi connectivity index (χ0n) is 9.32. The molecule has 17 heavy (non-hydrogen) atoms. The third-order valence-electron chi connectivity index (χ3n) is 2.14. The fourth-order valence-corrected chi connectivity index (χ4v) is 1.47. The van der Waals surface area contributed by atoms with E-state index < -0.39 is 10.9 Å². The Morgan fingerprint density at radius 3 is 2.76 bits per heavy atom. The van der Waals surface area contributed by atoms with Crippen molar-refractivity contribution in [3.63, 3.8) is 0 Å². The number of anilines is 1. The van der Waals surface area contributed by atoms with E-state index in [1.807, 2.05) is 0 Å². The fourth-order valence-electron chi connectivity index (χ4n) is 1.24. The number of nitro benzene ring substituents is 1. The smallest absolute Gasteiger partial charge is 0.325 e. The lowest BCUT2D eigenvalue weighted by atomic mass is 10.2. The van der Waals surface area contributed by atoms with Crippen LogP contribution in [0.5, 0.6) is 0 Å². The Bertz CT molecular complexity index is 462. The summed E-state index contributed by atoms with van der Waals surface area (Å²) in [5.74, 6) is -0.432. The monoisotopic (exact) mass is 258 g/mol. The maximum atomic E-state index is 10.9. The molecule has 0 unspecified atom stereocenters. The second-order valence-corrected chi connectivity index (χ2v) is 3.71. The molecule has 0 amide bonds. The van der Waals surface area contributed by atoms with E-state index in [2.05, 4.69) is 10.1 Å². The zero-order chi connectivity index (χ0) is 13.0. The molecule has 0 radical (unpaired) electrons. The van der Waals surface area contributed by atoms with Crippen LogP contribution in [0.3, 0.4) is 0 Å². The molecule has 92 valence electrons. The Kier molecular flexibility index (Phi) is 4.28. The molecule has 0 aliphatic heterocycles. The number of carbonyl (C=O) groups excluding carboxylic acids is 1. The van der Waals surface area contributed by atoms with Gasteiger partial charge in [-0.05, 0) is 18.6 Å². The lowest BCUT2D eigenvalue weighted by Crippen LogP contribution is -2.15. The highest BCUT2D eigenvalue weighted by molar-refractivity contribution is 6.33. The second-order valence-electron chi connectivity index (χ2n) is 3.31. The predicted molar refractivity (Wildman–Crippen MR) is 63.3 cm³/mol. The van der Waals surface area contributed by atoms with Gasteiger partial charge in [-0.3, -0.25) is 14.9 Å². The van der Waals surface area contributed by atoms with Crippen molar-refractivity contribution in [2.45, 2.75) is 6.92 Å². The van der Waals surface area contributed by atoms with Gasteiger partial charge in [0.15, 0.2) is 0 Å². The molecule has 0 spiro atoms. The molecule has 0 saturated carbocycles. The zero-order valence-corrected chi connectivity index (χ0v) is 10.1. The molecule has 0 atom stereocenters. The number of halogens is 1. The number of ether oxygens (including phenoxy) is 1. The Labute approximate surface area is 103 Å². The molecule has 7 heteroatoms. The quantitative estimate of drug-likeness (QED) is 0.508. The van der Waals surface area contributed by atoms with Gasteiger partial charge in [0.05, 0.1) is 12.0 Å². The number of carbonyl (C=O) groups is 1. The first-order valence-electron chi connectivity index (χ1n) is 4.71. The van der Waals surface area contributed by atoms with Crippen molar-refractivity contribution >= 4 is 28.9 Å². The maximum Gasteiger partial charge on any atom is 0.325 e. The molecule has 0 heterocycles. The molecule has 1 rings (SSSR count). The van der Waals surface area contributed by atoms with E-state index in [9.17, 15) is 14.9 Å². The number of hydrogen-bond acceptors (Lipinski definition) is 5. The van der Waals surface area contributed by atoms with Crippen molar-refractivity contribution in [2.75, 3.05) is 19.0 Å². The predicted octanol–water partition coefficient (Wildman–Crippen LogP) is 2.14. The molecule has 1 aromatic rings. The number of nitrogens with zero attached hydrogens (tertiary/aromatic N) is 1. The van der Waals surface area contributed by atoms with Gasteiger partial charge >= 0.3 is 5.97 Å². The highest BCUT2D eigenvalue weighted by Gasteiger charge is 2.15. The van der Waals surface area contributed by atoms with E-state index in [4.69, 9.17) is 11.6 Å². The third kappa shape index (κ3) is 3.32. The van der Waals surface area contributed by atoms with Crippen LogP contribution in [-0.4, -0.2) is 24.5 Å². The molecule has 1 aromatic carbocycles. The first-order valence-corrected chi connectivity index (χ1v) is 5.08. The number of rotatable bonds is 4. The number of esters is 1. The third-order valence-corrected chi connectivity index (χ3v) is 2.44. The topological polar surface area (TPSA) is 81.5 Å². The van der Waals surface area contributed by atoms with Crippen LogP contribution in [0.15, 0.2) is 12.1 Å². The van der Waals surface area contributed by atoms with Crippen LogP contribution in [0, 0.1) is 17.0 Å². The van der Waals surface area contributed by atoms with E-state index in [0.29, 0.717) is 11.3 Å². The fraction of sp³-hybridized carbons (Fsp3) is 0.300. The number of aryl methyl sites for hydroxylation is 1. The summed E-state index contributed by atoms with van der Waals surface area (Å²) in [5.41, 5.74) is 1.03. The van der Waals surface area contributed by atoms with Crippen molar-refractivity contribution in [1.29, 1.82) is 0 Å². The van der Waals surface area contributed by atoms with Gasteiger partial charge in [0.25, 0.3) is 5.69 Å². The molecule has 0 saturated heterocycles. The number of nitrogens with one attached hydrogen (secondary N) is 1. The van der Waals surface area contributed by atoms with Gasteiger partial charge in [-0.25, -0.2) is 0 Å². The second kappa shape index (κ2) is 5.49. The largest absolute Gasteiger partial charge is 0.468 e. The van der Waals surface area contributed by atoms with E-state index in [0.717, 1.165) is 0 Å². The minimum absolute atomic E-state index is 0.0213. The molecule has 0 aliphatic rings. The minimum Gasteiger partial charge on any atom is -0.468 e. The van der Waals surface area contributed by atoms with Crippen molar-refractivity contribution in [3.05, 3.63) is 32.8 Å². The molecule has 1 N–H and O–H groups in total. The van der Waals surface area contributed by atoms with Gasteiger partial charge in [-0.1, -0.05) is 11.6 Å². The average molecular weight is 259 g/mol. The SMILES string of the molecule is COC(=O)CNc1cc(Cl)c([N+](=O)[O-])cc1C. The van der Waals surface area contributed by atoms with Gasteiger partial charge < -0.3 is 10.1 Å². The highest BCUT2D eigenvalue weighted by Crippen LogP contribution is 2.30. The van der Waals surface area contributed by atoms with Crippen molar-refractivity contribution in [2.24, 2.45) is 0 Å². The molecule has 6 nitrogen and oxygen atoms in total. The van der Waals surface area contributed by atoms with Crippen LogP contribution in [-0.2, 0) is 9.53 Å². The Balaban J connectivity index is 2.92. The van der Waals surface area contributed by atoms with Crippen LogP contribution < -0.4 is 5.32 Å². The standard InChI is InChI=1S/C10H11ClN2O4/c1-6-3-9(13(15)16)7(11)4-8(6)12-5-10(14)17-2/h3-4,12H,5H2,1-2H3. The summed E-state index contributed by atoms with van der Waals surface area (Å²) in [4.78, 5) is 21.0. The number of nitro groups is 1. The summed E-state index contributed by atoms with van der Waals surface area (Å²) in [5, 5.41) is 13.4. The van der Waals surface area contributed by atoms with Gasteiger partial charge in [-0.15, -0.1) is 0 Å². The van der Waals surface area contributed by atoms with Gasteiger partial charge in [0.1, 0.15) is 11.6 Å².